The zero-order valence-corrected chi connectivity index (χ0v) is 15.9. The van der Waals surface area contributed by atoms with Crippen LogP contribution in [0.3, 0.4) is 0 Å². The average Bonchev–Trinajstić information content (AvgIpc) is 3.28. The largest absolute Gasteiger partial charge is 0.354 e. The maximum absolute atomic E-state index is 12.4. The molecule has 3 rings (SSSR count). The summed E-state index contributed by atoms with van der Waals surface area (Å²) < 4.78 is 1.92. The summed E-state index contributed by atoms with van der Waals surface area (Å²) in [6.45, 7) is 8.69. The zero-order chi connectivity index (χ0) is 19.4. The van der Waals surface area contributed by atoms with Crippen LogP contribution in [0.25, 0.3) is 5.69 Å². The molecule has 0 saturated carbocycles. The van der Waals surface area contributed by atoms with Crippen molar-refractivity contribution in [3.63, 3.8) is 0 Å². The predicted octanol–water partition coefficient (Wildman–Crippen LogP) is 2.32. The Hall–Kier alpha value is -2.89. The summed E-state index contributed by atoms with van der Waals surface area (Å²) in [5.74, 6) is -0.255. The maximum Gasteiger partial charge on any atom is 0.246 e. The average molecular weight is 366 g/mol. The van der Waals surface area contributed by atoms with E-state index in [0.717, 1.165) is 35.5 Å². The van der Waals surface area contributed by atoms with Crippen LogP contribution in [0, 0.1) is 13.8 Å². The molecule has 6 heteroatoms. The van der Waals surface area contributed by atoms with Crippen molar-refractivity contribution in [1.82, 2.24) is 20.0 Å². The monoisotopic (exact) mass is 366 g/mol. The number of likely N-dealkylation sites (tertiary alicyclic amines) is 1. The van der Waals surface area contributed by atoms with Gasteiger partial charge in [-0.1, -0.05) is 18.7 Å². The minimum atomic E-state index is -0.371. The van der Waals surface area contributed by atoms with Crippen molar-refractivity contribution < 1.29 is 9.59 Å². The van der Waals surface area contributed by atoms with Crippen LogP contribution in [-0.2, 0) is 16.0 Å². The smallest absolute Gasteiger partial charge is 0.246 e. The van der Waals surface area contributed by atoms with E-state index in [9.17, 15) is 9.59 Å². The third-order valence-corrected chi connectivity index (χ3v) is 4.92. The lowest BCUT2D eigenvalue weighted by atomic mass is 10.1. The van der Waals surface area contributed by atoms with E-state index in [0.29, 0.717) is 19.5 Å². The third-order valence-electron chi connectivity index (χ3n) is 4.92. The molecule has 0 radical (unpaired) electrons. The first kappa shape index (κ1) is 18.9. The van der Waals surface area contributed by atoms with E-state index in [-0.39, 0.29) is 17.9 Å². The molecule has 1 atom stereocenters. The molecule has 2 heterocycles. The molecule has 0 aliphatic carbocycles. The molecule has 2 amide bonds. The Bertz CT molecular complexity index is 838. The van der Waals surface area contributed by atoms with E-state index in [2.05, 4.69) is 29.1 Å². The van der Waals surface area contributed by atoms with Gasteiger partial charge in [0, 0.05) is 18.8 Å². The number of rotatable bonds is 6. The number of nitrogens with zero attached hydrogens (tertiary/aromatic N) is 3. The van der Waals surface area contributed by atoms with Crippen molar-refractivity contribution in [2.24, 2.45) is 0 Å². The second-order valence-corrected chi connectivity index (χ2v) is 6.94. The molecule has 1 N–H and O–H groups in total. The number of hydrogen-bond donors (Lipinski definition) is 1. The van der Waals surface area contributed by atoms with Crippen molar-refractivity contribution in [1.29, 1.82) is 0 Å². The van der Waals surface area contributed by atoms with Gasteiger partial charge in [0.15, 0.2) is 0 Å². The van der Waals surface area contributed by atoms with Crippen LogP contribution in [0.15, 0.2) is 43.0 Å². The Morgan fingerprint density at radius 1 is 1.30 bits per heavy atom. The van der Waals surface area contributed by atoms with Gasteiger partial charge in [-0.3, -0.25) is 9.59 Å². The zero-order valence-electron chi connectivity index (χ0n) is 15.9. The molecular formula is C21H26N4O2. The normalized spacial score (nSPS) is 16.4. The van der Waals surface area contributed by atoms with Crippen LogP contribution in [0.2, 0.25) is 0 Å². The topological polar surface area (TPSA) is 67.2 Å². The second-order valence-electron chi connectivity index (χ2n) is 6.94. The fourth-order valence-corrected chi connectivity index (χ4v) is 3.56. The van der Waals surface area contributed by atoms with Crippen LogP contribution >= 0.6 is 0 Å². The molecule has 2 aromatic rings. The van der Waals surface area contributed by atoms with Gasteiger partial charge in [-0.05, 0) is 62.9 Å². The van der Waals surface area contributed by atoms with Crippen molar-refractivity contribution in [3.05, 3.63) is 59.9 Å². The summed E-state index contributed by atoms with van der Waals surface area (Å²) in [5, 5.41) is 7.44. The lowest BCUT2D eigenvalue weighted by Gasteiger charge is -2.22. The highest BCUT2D eigenvalue weighted by Gasteiger charge is 2.32. The number of aromatic nitrogens is 2. The van der Waals surface area contributed by atoms with E-state index in [1.807, 2.05) is 36.7 Å². The first-order valence-corrected chi connectivity index (χ1v) is 9.33. The molecule has 1 aromatic heterocycles. The van der Waals surface area contributed by atoms with Crippen LogP contribution in [-0.4, -0.2) is 45.6 Å². The third kappa shape index (κ3) is 4.27. The van der Waals surface area contributed by atoms with E-state index < -0.39 is 0 Å². The molecule has 1 aliphatic heterocycles. The van der Waals surface area contributed by atoms with Gasteiger partial charge >= 0.3 is 0 Å². The molecule has 27 heavy (non-hydrogen) atoms. The van der Waals surface area contributed by atoms with Crippen molar-refractivity contribution in [2.45, 2.75) is 39.2 Å². The van der Waals surface area contributed by atoms with Crippen LogP contribution in [0.1, 0.15) is 29.8 Å². The summed E-state index contributed by atoms with van der Waals surface area (Å²) in [6.07, 6.45) is 3.58. The van der Waals surface area contributed by atoms with Crippen LogP contribution < -0.4 is 5.32 Å². The van der Waals surface area contributed by atoms with Gasteiger partial charge in [0.1, 0.15) is 6.04 Å². The quantitative estimate of drug-likeness (QED) is 0.798. The van der Waals surface area contributed by atoms with Gasteiger partial charge in [-0.2, -0.15) is 5.10 Å². The summed E-state index contributed by atoms with van der Waals surface area (Å²) in [4.78, 5) is 25.8. The maximum atomic E-state index is 12.4. The van der Waals surface area contributed by atoms with Gasteiger partial charge in [-0.15, -0.1) is 0 Å². The Labute approximate surface area is 159 Å². The van der Waals surface area contributed by atoms with Crippen molar-refractivity contribution >= 4 is 11.8 Å². The minimum absolute atomic E-state index is 0.0815. The Kier molecular flexibility index (Phi) is 5.74. The summed E-state index contributed by atoms with van der Waals surface area (Å²) in [7, 11) is 0. The molecule has 142 valence electrons. The Morgan fingerprint density at radius 2 is 2.04 bits per heavy atom. The van der Waals surface area contributed by atoms with E-state index >= 15 is 0 Å². The SMILES string of the molecule is C=CC(=O)N1CCCC1C(=O)NCCc1ccc(-n2nc(C)cc2C)cc1. The molecule has 1 unspecified atom stereocenters. The summed E-state index contributed by atoms with van der Waals surface area (Å²) >= 11 is 0. The lowest BCUT2D eigenvalue weighted by Crippen LogP contribution is -2.45. The van der Waals surface area contributed by atoms with Crippen molar-refractivity contribution in [3.8, 4) is 5.69 Å². The van der Waals surface area contributed by atoms with E-state index in [1.54, 1.807) is 4.90 Å². The molecule has 1 saturated heterocycles. The summed E-state index contributed by atoms with van der Waals surface area (Å²) in [6, 6.07) is 9.87. The van der Waals surface area contributed by atoms with Gasteiger partial charge in [0.25, 0.3) is 0 Å². The molecular weight excluding hydrogens is 340 g/mol. The number of carbonyl (C=O) groups is 2. The number of aryl methyl sites for hydroxylation is 2. The highest BCUT2D eigenvalue weighted by Crippen LogP contribution is 2.18. The number of carbonyl (C=O) groups excluding carboxylic acids is 2. The van der Waals surface area contributed by atoms with Crippen LogP contribution in [0.4, 0.5) is 0 Å². The lowest BCUT2D eigenvalue weighted by molar-refractivity contribution is -0.135. The van der Waals surface area contributed by atoms with Gasteiger partial charge in [-0.25, -0.2) is 4.68 Å². The summed E-state index contributed by atoms with van der Waals surface area (Å²) in [5.41, 5.74) is 4.27. The number of hydrogen-bond acceptors (Lipinski definition) is 3. The Morgan fingerprint density at radius 3 is 2.67 bits per heavy atom. The van der Waals surface area contributed by atoms with E-state index in [1.165, 1.54) is 6.08 Å². The van der Waals surface area contributed by atoms with Gasteiger partial charge in [0.05, 0.1) is 11.4 Å². The molecule has 1 aliphatic rings. The highest BCUT2D eigenvalue weighted by atomic mass is 16.2. The second kappa shape index (κ2) is 8.20. The predicted molar refractivity (Wildman–Crippen MR) is 105 cm³/mol. The first-order chi connectivity index (χ1) is 13.0. The molecule has 1 aromatic carbocycles. The van der Waals surface area contributed by atoms with Gasteiger partial charge in [0.2, 0.25) is 11.8 Å². The highest BCUT2D eigenvalue weighted by molar-refractivity contribution is 5.93. The first-order valence-electron chi connectivity index (χ1n) is 9.33. The van der Waals surface area contributed by atoms with Crippen molar-refractivity contribution in [2.75, 3.05) is 13.1 Å². The standard InChI is InChI=1S/C21H26N4O2/c1-4-20(26)24-13-5-6-19(24)21(27)22-12-11-17-7-9-18(10-8-17)25-16(3)14-15(2)23-25/h4,7-10,14,19H,1,5-6,11-13H2,2-3H3,(H,22,27). The van der Waals surface area contributed by atoms with E-state index in [4.69, 9.17) is 0 Å². The fourth-order valence-electron chi connectivity index (χ4n) is 3.56. The molecule has 1 fully saturated rings. The van der Waals surface area contributed by atoms with Crippen LogP contribution in [0.5, 0.6) is 0 Å². The molecule has 0 bridgehead atoms. The van der Waals surface area contributed by atoms with Gasteiger partial charge < -0.3 is 10.2 Å². The molecule has 0 spiro atoms. The number of nitrogens with one attached hydrogen (secondary N) is 1. The number of amides is 2. The Balaban J connectivity index is 1.53. The molecule has 6 nitrogen and oxygen atoms in total. The fraction of sp³-hybridized carbons (Fsp3) is 0.381. The number of benzene rings is 1. The minimum Gasteiger partial charge on any atom is -0.354 e.